The van der Waals surface area contributed by atoms with E-state index in [4.69, 9.17) is 0 Å². The van der Waals surface area contributed by atoms with E-state index in [1.807, 2.05) is 10.8 Å². The molecule has 2 heterocycles. The molecule has 0 unspecified atom stereocenters. The molecule has 0 atom stereocenters. The number of halogens is 1. The first kappa shape index (κ1) is 12.1. The molecule has 0 aliphatic carbocycles. The summed E-state index contributed by atoms with van der Waals surface area (Å²) in [4.78, 5) is 4.26. The Bertz CT molecular complexity index is 790. The maximum atomic E-state index is 13.1. The van der Waals surface area contributed by atoms with Gasteiger partial charge in [0, 0.05) is 23.5 Å². The Balaban J connectivity index is 1.86. The van der Waals surface area contributed by atoms with E-state index >= 15 is 0 Å². The molecule has 0 amide bonds. The topological polar surface area (TPSA) is 29.9 Å². The van der Waals surface area contributed by atoms with E-state index in [1.165, 1.54) is 23.4 Å². The number of rotatable bonds is 2. The molecule has 1 aliphatic heterocycles. The Kier molecular flexibility index (Phi) is 2.74. The Labute approximate surface area is 122 Å². The molecule has 1 aliphatic rings. The summed E-state index contributed by atoms with van der Waals surface area (Å²) in [5.74, 6) is -0.234. The molecule has 21 heavy (non-hydrogen) atoms. The number of fused-ring (bicyclic) bond motifs is 1. The fourth-order valence-electron chi connectivity index (χ4n) is 2.85. The lowest BCUT2D eigenvalue weighted by Gasteiger charge is -2.12. The van der Waals surface area contributed by atoms with E-state index < -0.39 is 0 Å². The third-order valence-electron chi connectivity index (χ3n) is 3.87. The number of aromatic nitrogens is 2. The largest absolute Gasteiger partial charge is 0.384 e. The molecule has 2 aromatic carbocycles. The van der Waals surface area contributed by atoms with Gasteiger partial charge in [-0.3, -0.25) is 4.57 Å². The molecule has 0 saturated heterocycles. The summed E-state index contributed by atoms with van der Waals surface area (Å²) >= 11 is 0. The zero-order valence-electron chi connectivity index (χ0n) is 11.4. The standard InChI is InChI=1S/C17H14FN3/c18-13-4-6-14(7-5-13)21-11-19-10-16(21)15-3-1-2-12-8-9-20-17(12)15/h1-7,10-11,20H,8-9H2. The molecule has 3 nitrogen and oxygen atoms in total. The van der Waals surface area contributed by atoms with Gasteiger partial charge < -0.3 is 5.32 Å². The molecule has 1 aromatic heterocycles. The van der Waals surface area contributed by atoms with E-state index in [2.05, 4.69) is 28.5 Å². The van der Waals surface area contributed by atoms with E-state index in [0.717, 1.165) is 29.9 Å². The number of hydrogen-bond acceptors (Lipinski definition) is 2. The summed E-state index contributed by atoms with van der Waals surface area (Å²) in [6.07, 6.45) is 4.66. The number of benzene rings is 2. The predicted octanol–water partition coefficient (Wildman–Crippen LogP) is 3.65. The van der Waals surface area contributed by atoms with Crippen molar-refractivity contribution in [3.63, 3.8) is 0 Å². The van der Waals surface area contributed by atoms with Gasteiger partial charge in [-0.05, 0) is 36.2 Å². The van der Waals surface area contributed by atoms with Crippen molar-refractivity contribution in [2.24, 2.45) is 0 Å². The molecule has 0 radical (unpaired) electrons. The molecule has 4 heteroatoms. The number of para-hydroxylation sites is 1. The highest BCUT2D eigenvalue weighted by Gasteiger charge is 2.17. The zero-order chi connectivity index (χ0) is 14.2. The van der Waals surface area contributed by atoms with Gasteiger partial charge in [-0.1, -0.05) is 18.2 Å². The quantitative estimate of drug-likeness (QED) is 0.776. The van der Waals surface area contributed by atoms with Gasteiger partial charge in [0.15, 0.2) is 0 Å². The maximum absolute atomic E-state index is 13.1. The molecule has 1 N–H and O–H groups in total. The van der Waals surface area contributed by atoms with Gasteiger partial charge in [0.1, 0.15) is 5.82 Å². The van der Waals surface area contributed by atoms with Crippen LogP contribution in [0.3, 0.4) is 0 Å². The van der Waals surface area contributed by atoms with Crippen LogP contribution in [0.4, 0.5) is 10.1 Å². The minimum atomic E-state index is -0.234. The number of anilines is 1. The fourth-order valence-corrected chi connectivity index (χ4v) is 2.85. The first-order chi connectivity index (χ1) is 10.3. The summed E-state index contributed by atoms with van der Waals surface area (Å²) in [5, 5.41) is 3.44. The third-order valence-corrected chi connectivity index (χ3v) is 3.87. The molecule has 0 bridgehead atoms. The van der Waals surface area contributed by atoms with Gasteiger partial charge >= 0.3 is 0 Å². The second-order valence-electron chi connectivity index (χ2n) is 5.14. The first-order valence-corrected chi connectivity index (χ1v) is 6.97. The minimum Gasteiger partial charge on any atom is -0.384 e. The molecule has 0 fully saturated rings. The van der Waals surface area contributed by atoms with Crippen molar-refractivity contribution in [2.75, 3.05) is 11.9 Å². The molecule has 0 spiro atoms. The van der Waals surface area contributed by atoms with Crippen molar-refractivity contribution in [2.45, 2.75) is 6.42 Å². The van der Waals surface area contributed by atoms with Crippen molar-refractivity contribution >= 4 is 5.69 Å². The summed E-state index contributed by atoms with van der Waals surface area (Å²) < 4.78 is 15.1. The lowest BCUT2D eigenvalue weighted by molar-refractivity contribution is 0.627. The third kappa shape index (κ3) is 2.00. The average Bonchev–Trinajstić information content (AvgIpc) is 3.16. The summed E-state index contributed by atoms with van der Waals surface area (Å²) in [6, 6.07) is 12.8. The number of nitrogens with one attached hydrogen (secondary N) is 1. The van der Waals surface area contributed by atoms with E-state index in [0.29, 0.717) is 0 Å². The minimum absolute atomic E-state index is 0.234. The second kappa shape index (κ2) is 4.74. The van der Waals surface area contributed by atoms with Crippen LogP contribution in [0.25, 0.3) is 16.9 Å². The Morgan fingerprint density at radius 3 is 2.81 bits per heavy atom. The van der Waals surface area contributed by atoms with Gasteiger partial charge in [0.2, 0.25) is 0 Å². The van der Waals surface area contributed by atoms with Crippen LogP contribution >= 0.6 is 0 Å². The second-order valence-corrected chi connectivity index (χ2v) is 5.14. The Morgan fingerprint density at radius 2 is 1.95 bits per heavy atom. The van der Waals surface area contributed by atoms with Gasteiger partial charge in [0.05, 0.1) is 18.2 Å². The van der Waals surface area contributed by atoms with Crippen molar-refractivity contribution < 1.29 is 4.39 Å². The molecule has 0 saturated carbocycles. The number of imidazole rings is 1. The van der Waals surface area contributed by atoms with Crippen molar-refractivity contribution in [1.29, 1.82) is 0 Å². The number of hydrogen-bond donors (Lipinski definition) is 1. The Morgan fingerprint density at radius 1 is 1.10 bits per heavy atom. The summed E-state index contributed by atoms with van der Waals surface area (Å²) in [7, 11) is 0. The highest BCUT2D eigenvalue weighted by atomic mass is 19.1. The zero-order valence-corrected chi connectivity index (χ0v) is 11.4. The summed E-state index contributed by atoms with van der Waals surface area (Å²) in [6.45, 7) is 0.969. The molecule has 4 rings (SSSR count). The van der Waals surface area contributed by atoms with Crippen molar-refractivity contribution in [3.8, 4) is 16.9 Å². The fraction of sp³-hybridized carbons (Fsp3) is 0.118. The van der Waals surface area contributed by atoms with Crippen LogP contribution in [0, 0.1) is 5.82 Å². The SMILES string of the molecule is Fc1ccc(-n2cncc2-c2cccc3c2NCC3)cc1. The van der Waals surface area contributed by atoms with Gasteiger partial charge in [-0.15, -0.1) is 0 Å². The van der Waals surface area contributed by atoms with Gasteiger partial charge in [0.25, 0.3) is 0 Å². The molecule has 3 aromatic rings. The molecular weight excluding hydrogens is 265 g/mol. The van der Waals surface area contributed by atoms with Crippen molar-refractivity contribution in [3.05, 3.63) is 66.4 Å². The van der Waals surface area contributed by atoms with Gasteiger partial charge in [-0.2, -0.15) is 0 Å². The van der Waals surface area contributed by atoms with Crippen LogP contribution < -0.4 is 5.32 Å². The van der Waals surface area contributed by atoms with Crippen LogP contribution in [-0.4, -0.2) is 16.1 Å². The lowest BCUT2D eigenvalue weighted by atomic mass is 10.1. The van der Waals surface area contributed by atoms with E-state index in [9.17, 15) is 4.39 Å². The van der Waals surface area contributed by atoms with E-state index in [-0.39, 0.29) is 5.82 Å². The monoisotopic (exact) mass is 279 g/mol. The maximum Gasteiger partial charge on any atom is 0.123 e. The average molecular weight is 279 g/mol. The van der Waals surface area contributed by atoms with Crippen LogP contribution in [0.5, 0.6) is 0 Å². The molecule has 104 valence electrons. The number of nitrogens with zero attached hydrogens (tertiary/aromatic N) is 2. The first-order valence-electron chi connectivity index (χ1n) is 6.97. The van der Waals surface area contributed by atoms with Gasteiger partial charge in [-0.25, -0.2) is 9.37 Å². The Hall–Kier alpha value is -2.62. The van der Waals surface area contributed by atoms with Crippen LogP contribution in [0.15, 0.2) is 55.0 Å². The smallest absolute Gasteiger partial charge is 0.123 e. The summed E-state index contributed by atoms with van der Waals surface area (Å²) in [5.41, 5.74) is 5.56. The highest BCUT2D eigenvalue weighted by molar-refractivity contribution is 5.80. The van der Waals surface area contributed by atoms with E-state index in [1.54, 1.807) is 18.5 Å². The molecular formula is C17H14FN3. The normalized spacial score (nSPS) is 13.0. The van der Waals surface area contributed by atoms with Crippen LogP contribution in [0.1, 0.15) is 5.56 Å². The van der Waals surface area contributed by atoms with Crippen LogP contribution in [0.2, 0.25) is 0 Å². The van der Waals surface area contributed by atoms with Crippen molar-refractivity contribution in [1.82, 2.24) is 9.55 Å². The van der Waals surface area contributed by atoms with Crippen LogP contribution in [-0.2, 0) is 6.42 Å². The lowest BCUT2D eigenvalue weighted by Crippen LogP contribution is -1.98. The highest BCUT2D eigenvalue weighted by Crippen LogP contribution is 2.35. The predicted molar refractivity (Wildman–Crippen MR) is 81.2 cm³/mol.